The molecule has 3 aliphatic carbocycles. The molecular weight excluding hydrogens is 575 g/mol. The quantitative estimate of drug-likeness (QED) is 0.413. The summed E-state index contributed by atoms with van der Waals surface area (Å²) in [5, 5.41) is 22.7. The van der Waals surface area contributed by atoms with E-state index >= 15 is 0 Å². The second-order valence-corrected chi connectivity index (χ2v) is 12.4. The third-order valence-corrected chi connectivity index (χ3v) is 9.57. The highest BCUT2D eigenvalue weighted by molar-refractivity contribution is 6.32. The molecule has 2 saturated carbocycles. The molecular formula is C29H34F3N3O8. The lowest BCUT2D eigenvalue weighted by molar-refractivity contribution is -0.181. The Labute approximate surface area is 245 Å². The molecule has 4 aliphatic rings. The summed E-state index contributed by atoms with van der Waals surface area (Å²) in [6.45, 7) is 4.22. The molecule has 5 rings (SSSR count). The summed E-state index contributed by atoms with van der Waals surface area (Å²) in [6.07, 6.45) is -5.80. The van der Waals surface area contributed by atoms with Crippen molar-refractivity contribution in [1.29, 1.82) is 0 Å². The molecule has 7 unspecified atom stereocenters. The Kier molecular flexibility index (Phi) is 7.60. The number of rotatable bonds is 4. The Morgan fingerprint density at radius 3 is 2.40 bits per heavy atom. The number of carbonyl (C=O) groups is 5. The average Bonchev–Trinajstić information content (AvgIpc) is 2.89. The fourth-order valence-electron chi connectivity index (χ4n) is 7.81. The van der Waals surface area contributed by atoms with Gasteiger partial charge in [-0.15, -0.1) is 0 Å². The number of nitrogens with two attached hydrogens (primary N) is 1. The number of phenols is 1. The maximum Gasteiger partial charge on any atom is 0.417 e. The predicted octanol–water partition coefficient (Wildman–Crippen LogP) is 0.668. The minimum atomic E-state index is -4.96. The van der Waals surface area contributed by atoms with Gasteiger partial charge in [-0.1, -0.05) is 0 Å². The third kappa shape index (κ3) is 4.52. The number of fused-ring (bicyclic) bond motifs is 3. The number of ketones is 4. The Morgan fingerprint density at radius 1 is 1.19 bits per heavy atom. The number of ether oxygens (including phenoxy) is 1. The van der Waals surface area contributed by atoms with Crippen molar-refractivity contribution in [1.82, 2.24) is 9.80 Å². The van der Waals surface area contributed by atoms with Crippen LogP contribution in [0.25, 0.3) is 0 Å². The Bertz CT molecular complexity index is 1430. The smallest absolute Gasteiger partial charge is 0.417 e. The van der Waals surface area contributed by atoms with Gasteiger partial charge < -0.3 is 20.7 Å². The highest BCUT2D eigenvalue weighted by Crippen LogP contribution is 2.53. The van der Waals surface area contributed by atoms with Crippen molar-refractivity contribution < 1.29 is 52.1 Å². The summed E-state index contributed by atoms with van der Waals surface area (Å²) in [7, 11) is 2.85. The number of alkyl halides is 3. The van der Waals surface area contributed by atoms with E-state index in [9.17, 15) is 47.4 Å². The Morgan fingerprint density at radius 2 is 1.84 bits per heavy atom. The topological polar surface area (TPSA) is 168 Å². The molecule has 7 atom stereocenters. The van der Waals surface area contributed by atoms with Gasteiger partial charge >= 0.3 is 6.18 Å². The molecule has 0 spiro atoms. The van der Waals surface area contributed by atoms with E-state index < -0.39 is 105 Å². The molecule has 1 aromatic carbocycles. The van der Waals surface area contributed by atoms with Gasteiger partial charge in [0, 0.05) is 18.5 Å². The summed E-state index contributed by atoms with van der Waals surface area (Å²) >= 11 is 0. The summed E-state index contributed by atoms with van der Waals surface area (Å²) in [5.74, 6) is -13.5. The number of primary amides is 1. The number of morpholine rings is 1. The molecule has 0 aromatic heterocycles. The first-order valence-electron chi connectivity index (χ1n) is 14.1. The molecule has 0 bridgehead atoms. The van der Waals surface area contributed by atoms with E-state index in [1.165, 1.54) is 19.0 Å². The van der Waals surface area contributed by atoms with E-state index in [0.29, 0.717) is 13.2 Å². The molecule has 14 heteroatoms. The highest BCUT2D eigenvalue weighted by Gasteiger charge is 2.69. The number of amides is 1. The van der Waals surface area contributed by atoms with Crippen LogP contribution in [0.4, 0.5) is 13.2 Å². The highest BCUT2D eigenvalue weighted by atomic mass is 19.4. The first kappa shape index (κ1) is 31.2. The molecule has 1 saturated heterocycles. The third-order valence-electron chi connectivity index (χ3n) is 9.57. The minimum Gasteiger partial charge on any atom is -0.507 e. The zero-order chi connectivity index (χ0) is 31.9. The zero-order valence-corrected chi connectivity index (χ0v) is 24.1. The molecule has 1 aromatic rings. The van der Waals surface area contributed by atoms with Gasteiger partial charge in [0.15, 0.2) is 34.7 Å². The molecule has 0 radical (unpaired) electrons. The van der Waals surface area contributed by atoms with Gasteiger partial charge in [-0.05, 0) is 63.9 Å². The Hall–Kier alpha value is -3.20. The van der Waals surface area contributed by atoms with Crippen molar-refractivity contribution in [2.45, 2.75) is 56.6 Å². The fourth-order valence-corrected chi connectivity index (χ4v) is 7.81. The molecule has 234 valence electrons. The number of nitrogens with zero attached hydrogens (tertiary/aromatic N) is 2. The lowest BCUT2D eigenvalue weighted by Crippen LogP contribution is -2.74. The molecule has 4 N–H and O–H groups in total. The van der Waals surface area contributed by atoms with Gasteiger partial charge in [0.05, 0.1) is 42.3 Å². The van der Waals surface area contributed by atoms with Crippen molar-refractivity contribution in [2.24, 2.45) is 29.4 Å². The number of Topliss-reactive ketones (excluding diaryl/α,β-unsaturated/α-hetero) is 4. The number of likely N-dealkylation sites (N-methyl/N-ethyl adjacent to an activating group) is 1. The predicted molar refractivity (Wildman–Crippen MR) is 142 cm³/mol. The van der Waals surface area contributed by atoms with Crippen LogP contribution in [-0.4, -0.2) is 101 Å². The number of halogens is 3. The van der Waals surface area contributed by atoms with Gasteiger partial charge in [-0.3, -0.25) is 33.8 Å². The molecule has 43 heavy (non-hydrogen) atoms. The van der Waals surface area contributed by atoms with Crippen LogP contribution in [0, 0.1) is 23.7 Å². The van der Waals surface area contributed by atoms with Crippen molar-refractivity contribution in [3.8, 4) is 5.75 Å². The van der Waals surface area contributed by atoms with Gasteiger partial charge in [-0.25, -0.2) is 0 Å². The van der Waals surface area contributed by atoms with Crippen molar-refractivity contribution in [2.75, 3.05) is 33.9 Å². The van der Waals surface area contributed by atoms with E-state index in [4.69, 9.17) is 10.5 Å². The number of phenolic OH excluding ortho intramolecular Hbond substituents is 1. The van der Waals surface area contributed by atoms with Gasteiger partial charge in [0.2, 0.25) is 5.91 Å². The van der Waals surface area contributed by atoms with E-state index in [1.54, 1.807) is 0 Å². The number of aromatic hydroxyl groups is 1. The summed E-state index contributed by atoms with van der Waals surface area (Å²) in [4.78, 5) is 69.6. The first-order chi connectivity index (χ1) is 19.9. The number of hydrogen-bond acceptors (Lipinski definition) is 10. The molecule has 11 nitrogen and oxygen atoms in total. The van der Waals surface area contributed by atoms with Crippen molar-refractivity contribution in [3.05, 3.63) is 28.3 Å². The van der Waals surface area contributed by atoms with E-state index in [-0.39, 0.29) is 24.6 Å². The lowest BCUT2D eigenvalue weighted by atomic mass is 9.52. The lowest BCUT2D eigenvalue weighted by Gasteiger charge is -2.52. The standard InChI is InChI=1S/C29H34F3N3O8/c1-11(2)35-5-6-43-10-16(35)13-9-17(36)19-14(21(13)29(30,31)32)7-12-8-15-22(34(3)4)24(38)20(27(33)41)26(40)28(15,42)25(39)18(12)23(19)37/h9,11-12,15-16,18,20,22,36,42H,5-8,10H2,1-4H3,(H2,33,41). The van der Waals surface area contributed by atoms with Crippen LogP contribution in [0.3, 0.4) is 0 Å². The number of benzene rings is 1. The minimum absolute atomic E-state index is 0.0805. The second-order valence-electron chi connectivity index (χ2n) is 12.4. The second kappa shape index (κ2) is 10.5. The van der Waals surface area contributed by atoms with Crippen molar-refractivity contribution >= 4 is 29.0 Å². The van der Waals surface area contributed by atoms with Crippen LogP contribution < -0.4 is 5.73 Å². The van der Waals surface area contributed by atoms with Crippen LogP contribution in [0.2, 0.25) is 0 Å². The Balaban J connectivity index is 1.69. The molecule has 1 amide bonds. The van der Waals surface area contributed by atoms with E-state index in [0.717, 1.165) is 6.07 Å². The summed E-state index contributed by atoms with van der Waals surface area (Å²) in [6, 6.07) is -1.52. The zero-order valence-electron chi connectivity index (χ0n) is 24.1. The average molecular weight is 610 g/mol. The van der Waals surface area contributed by atoms with Crippen LogP contribution in [0.15, 0.2) is 6.07 Å². The maximum absolute atomic E-state index is 14.9. The monoisotopic (exact) mass is 609 g/mol. The number of hydrogen-bond donors (Lipinski definition) is 3. The number of aliphatic hydroxyl groups is 1. The maximum atomic E-state index is 14.9. The van der Waals surface area contributed by atoms with Crippen LogP contribution in [0.1, 0.15) is 53.4 Å². The van der Waals surface area contributed by atoms with Gasteiger partial charge in [0.1, 0.15) is 5.75 Å². The van der Waals surface area contributed by atoms with Gasteiger partial charge in [-0.2, -0.15) is 13.2 Å². The van der Waals surface area contributed by atoms with Crippen LogP contribution >= 0.6 is 0 Å². The largest absolute Gasteiger partial charge is 0.507 e. The molecule has 3 fully saturated rings. The molecule has 1 heterocycles. The summed E-state index contributed by atoms with van der Waals surface area (Å²) in [5.41, 5.74) is -0.206. The molecule has 1 aliphatic heterocycles. The van der Waals surface area contributed by atoms with Crippen LogP contribution in [-0.2, 0) is 36.5 Å². The normalized spacial score (nSPS) is 33.4. The van der Waals surface area contributed by atoms with Crippen molar-refractivity contribution in [3.63, 3.8) is 0 Å². The number of carbonyl (C=O) groups excluding carboxylic acids is 5. The summed E-state index contributed by atoms with van der Waals surface area (Å²) < 4.78 is 50.2. The van der Waals surface area contributed by atoms with E-state index in [2.05, 4.69) is 0 Å². The SMILES string of the molecule is CC(C)N1CCOCC1c1cc(O)c2c(c1C(F)(F)F)CC1CC3C(N(C)C)C(=O)C(C(N)=O)C(=O)C3(O)C(=O)C1C2=O. The fraction of sp³-hybridized carbons (Fsp3) is 0.621. The van der Waals surface area contributed by atoms with Crippen LogP contribution in [0.5, 0.6) is 5.75 Å². The van der Waals surface area contributed by atoms with Gasteiger partial charge in [0.25, 0.3) is 0 Å². The van der Waals surface area contributed by atoms with E-state index in [1.807, 2.05) is 18.7 Å². The first-order valence-corrected chi connectivity index (χ1v) is 14.1.